The van der Waals surface area contributed by atoms with Crippen molar-refractivity contribution in [3.8, 4) is 0 Å². The van der Waals surface area contributed by atoms with E-state index in [1.165, 1.54) is 26.7 Å². The number of para-hydroxylation sites is 1. The highest BCUT2D eigenvalue weighted by Gasteiger charge is 2.41. The molecule has 7 nitrogen and oxygen atoms in total. The summed E-state index contributed by atoms with van der Waals surface area (Å²) in [7, 11) is -3.76. The third-order valence-electron chi connectivity index (χ3n) is 6.64. The van der Waals surface area contributed by atoms with Crippen molar-refractivity contribution in [2.24, 2.45) is 0 Å². The van der Waals surface area contributed by atoms with Gasteiger partial charge in [-0.3, -0.25) is 4.79 Å². The van der Waals surface area contributed by atoms with Gasteiger partial charge in [0.05, 0.1) is 15.1 Å². The molecule has 3 heterocycles. The van der Waals surface area contributed by atoms with Crippen LogP contribution in [0.4, 0.5) is 5.13 Å². The molecule has 1 amide bonds. The number of piperazine rings is 1. The molecule has 5 rings (SSSR count). The standard InChI is InChI=1S/C24H27ClN4O3S2/c1-2-17-5-3-7-21-22(17)26-24(33-21)28-15-13-27(14-16-28)23(30)20-6-4-12-29(20)34(31,32)19-10-8-18(25)9-11-19/h3,5,7-11,20H,2,4,6,12-16H2,1H3. The quantitative estimate of drug-likeness (QED) is 0.510. The van der Waals surface area contributed by atoms with E-state index in [9.17, 15) is 13.2 Å². The number of nitrogens with zero attached hydrogens (tertiary/aromatic N) is 4. The van der Waals surface area contributed by atoms with Crippen LogP contribution in [-0.4, -0.2) is 67.3 Å². The molecule has 2 aliphatic rings. The number of carbonyl (C=O) groups excluding carboxylic acids is 1. The summed E-state index contributed by atoms with van der Waals surface area (Å²) in [6.07, 6.45) is 2.16. The molecular weight excluding hydrogens is 492 g/mol. The van der Waals surface area contributed by atoms with E-state index in [4.69, 9.17) is 16.6 Å². The predicted molar refractivity (Wildman–Crippen MR) is 136 cm³/mol. The van der Waals surface area contributed by atoms with Crippen LogP contribution in [0.15, 0.2) is 47.4 Å². The van der Waals surface area contributed by atoms with Crippen molar-refractivity contribution >= 4 is 54.2 Å². The normalized spacial score (nSPS) is 19.8. The van der Waals surface area contributed by atoms with Crippen LogP contribution in [0.1, 0.15) is 25.3 Å². The van der Waals surface area contributed by atoms with Crippen molar-refractivity contribution in [2.45, 2.75) is 37.1 Å². The fourth-order valence-corrected chi connectivity index (χ4v) is 7.60. The van der Waals surface area contributed by atoms with Gasteiger partial charge in [0, 0.05) is 37.7 Å². The van der Waals surface area contributed by atoms with Gasteiger partial charge in [-0.15, -0.1) is 0 Å². The number of hydrogen-bond acceptors (Lipinski definition) is 6. The number of carbonyl (C=O) groups is 1. The van der Waals surface area contributed by atoms with Gasteiger partial charge >= 0.3 is 0 Å². The minimum atomic E-state index is -3.76. The lowest BCUT2D eigenvalue weighted by Crippen LogP contribution is -2.54. The van der Waals surface area contributed by atoms with Crippen LogP contribution in [0.5, 0.6) is 0 Å². The van der Waals surface area contributed by atoms with E-state index in [-0.39, 0.29) is 10.8 Å². The topological polar surface area (TPSA) is 73.8 Å². The summed E-state index contributed by atoms with van der Waals surface area (Å²) in [5.74, 6) is -0.104. The molecular formula is C24H27ClN4O3S2. The SMILES string of the molecule is CCc1cccc2sc(N3CCN(C(=O)C4CCCN4S(=O)(=O)c4ccc(Cl)cc4)CC3)nc12. The molecule has 0 radical (unpaired) electrons. The van der Waals surface area contributed by atoms with Crippen LogP contribution in [-0.2, 0) is 21.2 Å². The number of benzene rings is 2. The second-order valence-electron chi connectivity index (χ2n) is 8.65. The Bertz CT molecular complexity index is 1300. The van der Waals surface area contributed by atoms with E-state index >= 15 is 0 Å². The van der Waals surface area contributed by atoms with Crippen LogP contribution < -0.4 is 4.90 Å². The van der Waals surface area contributed by atoms with E-state index in [2.05, 4.69) is 30.0 Å². The second kappa shape index (κ2) is 9.45. The van der Waals surface area contributed by atoms with Crippen molar-refractivity contribution in [3.63, 3.8) is 0 Å². The molecule has 1 unspecified atom stereocenters. The molecule has 0 spiro atoms. The molecule has 0 aliphatic carbocycles. The Hall–Kier alpha value is -2.20. The first kappa shape index (κ1) is 23.5. The third-order valence-corrected chi connectivity index (χ3v) is 9.90. The summed E-state index contributed by atoms with van der Waals surface area (Å²) in [5.41, 5.74) is 2.31. The number of halogens is 1. The number of aryl methyl sites for hydroxylation is 1. The fraction of sp³-hybridized carbons (Fsp3) is 0.417. The highest BCUT2D eigenvalue weighted by atomic mass is 35.5. The van der Waals surface area contributed by atoms with E-state index in [1.54, 1.807) is 23.5 Å². The number of sulfonamides is 1. The number of fused-ring (bicyclic) bond motifs is 1. The smallest absolute Gasteiger partial charge is 0.243 e. The fourth-order valence-electron chi connectivity index (χ4n) is 4.76. The van der Waals surface area contributed by atoms with Gasteiger partial charge in [0.2, 0.25) is 15.9 Å². The van der Waals surface area contributed by atoms with Gasteiger partial charge in [0.1, 0.15) is 6.04 Å². The van der Waals surface area contributed by atoms with Crippen molar-refractivity contribution in [3.05, 3.63) is 53.1 Å². The van der Waals surface area contributed by atoms with E-state index in [1.807, 2.05) is 4.90 Å². The maximum atomic E-state index is 13.4. The summed E-state index contributed by atoms with van der Waals surface area (Å²) < 4.78 is 29.0. The first-order valence-corrected chi connectivity index (χ1v) is 14.2. The highest BCUT2D eigenvalue weighted by molar-refractivity contribution is 7.89. The first-order valence-electron chi connectivity index (χ1n) is 11.6. The minimum absolute atomic E-state index is 0.104. The zero-order chi connectivity index (χ0) is 23.9. The van der Waals surface area contributed by atoms with Gasteiger partial charge in [-0.1, -0.05) is 42.0 Å². The maximum Gasteiger partial charge on any atom is 0.243 e. The lowest BCUT2D eigenvalue weighted by atomic mass is 10.1. The molecule has 0 N–H and O–H groups in total. The minimum Gasteiger partial charge on any atom is -0.345 e. The molecule has 2 aromatic carbocycles. The molecule has 2 aliphatic heterocycles. The van der Waals surface area contributed by atoms with Crippen LogP contribution in [0.25, 0.3) is 10.2 Å². The van der Waals surface area contributed by atoms with Gasteiger partial charge in [-0.2, -0.15) is 4.31 Å². The summed E-state index contributed by atoms with van der Waals surface area (Å²) in [6, 6.07) is 11.8. The molecule has 0 saturated carbocycles. The van der Waals surface area contributed by atoms with Gasteiger partial charge < -0.3 is 9.80 Å². The summed E-state index contributed by atoms with van der Waals surface area (Å²) in [4.78, 5) is 22.5. The summed E-state index contributed by atoms with van der Waals surface area (Å²) in [6.45, 7) is 4.97. The maximum absolute atomic E-state index is 13.4. The number of hydrogen-bond donors (Lipinski definition) is 0. The lowest BCUT2D eigenvalue weighted by Gasteiger charge is -2.37. The van der Waals surface area contributed by atoms with Crippen molar-refractivity contribution in [1.82, 2.24) is 14.2 Å². The zero-order valence-electron chi connectivity index (χ0n) is 19.0. The van der Waals surface area contributed by atoms with Gasteiger partial charge in [-0.25, -0.2) is 13.4 Å². The van der Waals surface area contributed by atoms with Crippen molar-refractivity contribution < 1.29 is 13.2 Å². The number of amides is 1. The van der Waals surface area contributed by atoms with Gasteiger partial charge in [0.25, 0.3) is 0 Å². The van der Waals surface area contributed by atoms with Crippen LogP contribution >= 0.6 is 22.9 Å². The molecule has 1 atom stereocenters. The Kier molecular flexibility index (Phi) is 6.54. The second-order valence-corrected chi connectivity index (χ2v) is 12.0. The lowest BCUT2D eigenvalue weighted by molar-refractivity contribution is -0.134. The Morgan fingerprint density at radius 1 is 1.09 bits per heavy atom. The Labute approximate surface area is 209 Å². The van der Waals surface area contributed by atoms with Gasteiger partial charge in [0.15, 0.2) is 5.13 Å². The highest BCUT2D eigenvalue weighted by Crippen LogP contribution is 2.32. The first-order chi connectivity index (χ1) is 16.4. The molecule has 180 valence electrons. The number of anilines is 1. The monoisotopic (exact) mass is 518 g/mol. The van der Waals surface area contributed by atoms with E-state index in [0.717, 1.165) is 17.1 Å². The molecule has 3 aromatic rings. The van der Waals surface area contributed by atoms with Crippen LogP contribution in [0, 0.1) is 0 Å². The van der Waals surface area contributed by atoms with Crippen molar-refractivity contribution in [2.75, 3.05) is 37.6 Å². The third kappa shape index (κ3) is 4.30. The number of rotatable bonds is 5. The van der Waals surface area contributed by atoms with E-state index in [0.29, 0.717) is 50.6 Å². The average molecular weight is 519 g/mol. The van der Waals surface area contributed by atoms with Crippen molar-refractivity contribution in [1.29, 1.82) is 0 Å². The molecule has 1 aromatic heterocycles. The zero-order valence-corrected chi connectivity index (χ0v) is 21.4. The average Bonchev–Trinajstić information content (AvgIpc) is 3.52. The summed E-state index contributed by atoms with van der Waals surface area (Å²) in [5, 5.41) is 1.46. The molecule has 2 fully saturated rings. The largest absolute Gasteiger partial charge is 0.345 e. The predicted octanol–water partition coefficient (Wildman–Crippen LogP) is 4.01. The molecule has 34 heavy (non-hydrogen) atoms. The Morgan fingerprint density at radius 2 is 1.82 bits per heavy atom. The van der Waals surface area contributed by atoms with Crippen LogP contribution in [0.3, 0.4) is 0 Å². The summed E-state index contributed by atoms with van der Waals surface area (Å²) >= 11 is 7.60. The molecule has 2 saturated heterocycles. The van der Waals surface area contributed by atoms with E-state index < -0.39 is 16.1 Å². The van der Waals surface area contributed by atoms with Crippen LogP contribution in [0.2, 0.25) is 5.02 Å². The number of thiazole rings is 1. The molecule has 10 heteroatoms. The van der Waals surface area contributed by atoms with Gasteiger partial charge in [-0.05, 0) is 55.2 Å². The molecule has 0 bridgehead atoms. The number of aromatic nitrogens is 1. The Balaban J connectivity index is 1.28. The Morgan fingerprint density at radius 3 is 2.53 bits per heavy atom.